The van der Waals surface area contributed by atoms with Crippen molar-refractivity contribution in [3.05, 3.63) is 40.1 Å². The van der Waals surface area contributed by atoms with Crippen molar-refractivity contribution >= 4 is 15.5 Å². The first kappa shape index (κ1) is 26.8. The van der Waals surface area contributed by atoms with E-state index in [0.29, 0.717) is 48.8 Å². The third kappa shape index (κ3) is 4.42. The van der Waals surface area contributed by atoms with Gasteiger partial charge in [-0.15, -0.1) is 5.10 Å². The van der Waals surface area contributed by atoms with E-state index in [1.54, 1.807) is 27.8 Å². The molecule has 0 bridgehead atoms. The molecule has 1 aliphatic carbocycles. The number of imidazole rings is 1. The summed E-state index contributed by atoms with van der Waals surface area (Å²) in [6, 6.07) is 4.73. The lowest BCUT2D eigenvalue weighted by Crippen LogP contribution is -2.32. The van der Waals surface area contributed by atoms with Gasteiger partial charge in [-0.1, -0.05) is 20.3 Å². The molecule has 4 heterocycles. The second kappa shape index (κ2) is 10.1. The van der Waals surface area contributed by atoms with Crippen molar-refractivity contribution in [3.63, 3.8) is 0 Å². The number of aromatic amines is 1. The van der Waals surface area contributed by atoms with Crippen LogP contribution in [0, 0.1) is 12.8 Å². The molecule has 1 aromatic carbocycles. The van der Waals surface area contributed by atoms with Gasteiger partial charge in [-0.25, -0.2) is 17.9 Å². The minimum atomic E-state index is -3.79. The molecule has 2 atom stereocenters. The topological polar surface area (TPSA) is 122 Å². The smallest absolute Gasteiger partial charge is 0.277 e. The highest BCUT2D eigenvalue weighted by Gasteiger charge is 2.45. The highest BCUT2D eigenvalue weighted by Crippen LogP contribution is 2.36. The van der Waals surface area contributed by atoms with Crippen LogP contribution in [0.5, 0.6) is 5.75 Å². The Morgan fingerprint density at radius 2 is 1.95 bits per heavy atom. The van der Waals surface area contributed by atoms with Crippen molar-refractivity contribution in [1.82, 2.24) is 29.0 Å². The first-order chi connectivity index (χ1) is 17.8. The Morgan fingerprint density at radius 3 is 2.66 bits per heavy atom. The van der Waals surface area contributed by atoms with Crippen LogP contribution in [-0.2, 0) is 14.9 Å². The summed E-state index contributed by atoms with van der Waals surface area (Å²) in [5.74, 6) is 1.87. The summed E-state index contributed by atoms with van der Waals surface area (Å²) in [4.78, 5) is 26.6. The van der Waals surface area contributed by atoms with E-state index >= 15 is 0 Å². The molecule has 0 radical (unpaired) electrons. The second-order valence-corrected chi connectivity index (χ2v) is 12.2. The van der Waals surface area contributed by atoms with Gasteiger partial charge in [0.1, 0.15) is 11.6 Å². The van der Waals surface area contributed by atoms with Crippen LogP contribution < -0.4 is 10.3 Å². The van der Waals surface area contributed by atoms with Crippen LogP contribution in [0.3, 0.4) is 0 Å². The Kier molecular flexibility index (Phi) is 7.10. The maximum Gasteiger partial charge on any atom is 0.277 e. The molecule has 12 heteroatoms. The molecule has 1 N–H and O–H groups in total. The van der Waals surface area contributed by atoms with E-state index in [2.05, 4.69) is 4.98 Å². The highest BCUT2D eigenvalue weighted by atomic mass is 32.2. The van der Waals surface area contributed by atoms with Crippen molar-refractivity contribution < 1.29 is 18.0 Å². The van der Waals surface area contributed by atoms with Crippen molar-refractivity contribution in [2.75, 3.05) is 33.3 Å². The Balaban J connectivity index is 0.00000294. The van der Waals surface area contributed by atoms with E-state index in [1.807, 2.05) is 20.9 Å². The number of fused-ring (bicyclic) bond motifs is 2. The largest absolute Gasteiger partial charge is 0.493 e. The number of ether oxygens (including phenoxy) is 1. The summed E-state index contributed by atoms with van der Waals surface area (Å²) in [7, 11) is -1.93. The maximum atomic E-state index is 13.6. The molecule has 6 rings (SSSR count). The molecule has 0 spiro atoms. The van der Waals surface area contributed by atoms with E-state index in [1.165, 1.54) is 4.31 Å². The fourth-order valence-corrected chi connectivity index (χ4v) is 7.48. The molecular formula is C26H36N6O5S. The average Bonchev–Trinajstić information content (AvgIpc) is 3.63. The number of sulfonamides is 1. The SMILES string of the molecule is C.CCOc1ccc(S(=O)(=O)N2CC3CN(C)OC3C2)cc1-c1nn2c(C3CCCC3)nc(C)c2c(=O)[nH]1. The molecule has 38 heavy (non-hydrogen) atoms. The third-order valence-electron chi connectivity index (χ3n) is 7.72. The van der Waals surface area contributed by atoms with Crippen molar-refractivity contribution in [1.29, 1.82) is 0 Å². The first-order valence-electron chi connectivity index (χ1n) is 12.9. The molecule has 2 unspecified atom stereocenters. The van der Waals surface area contributed by atoms with Crippen LogP contribution in [-0.4, -0.2) is 76.8 Å². The number of aromatic nitrogens is 4. The van der Waals surface area contributed by atoms with E-state index in [4.69, 9.17) is 19.7 Å². The third-order valence-corrected chi connectivity index (χ3v) is 9.55. The number of aryl methyl sites for hydroxylation is 1. The minimum Gasteiger partial charge on any atom is -0.493 e. The molecule has 3 aliphatic rings. The van der Waals surface area contributed by atoms with E-state index in [9.17, 15) is 13.2 Å². The fraction of sp³-hybridized carbons (Fsp3) is 0.577. The Morgan fingerprint density at radius 1 is 1.18 bits per heavy atom. The molecule has 206 valence electrons. The van der Waals surface area contributed by atoms with Crippen LogP contribution in [0.25, 0.3) is 16.9 Å². The fourth-order valence-electron chi connectivity index (χ4n) is 5.95. The average molecular weight is 545 g/mol. The van der Waals surface area contributed by atoms with Gasteiger partial charge in [-0.2, -0.15) is 9.37 Å². The van der Waals surface area contributed by atoms with Gasteiger partial charge in [0, 0.05) is 38.5 Å². The zero-order valence-corrected chi connectivity index (χ0v) is 22.1. The summed E-state index contributed by atoms with van der Waals surface area (Å²) in [6.07, 6.45) is 4.14. The summed E-state index contributed by atoms with van der Waals surface area (Å²) >= 11 is 0. The van der Waals surface area contributed by atoms with Gasteiger partial charge in [-0.3, -0.25) is 9.63 Å². The second-order valence-electron chi connectivity index (χ2n) is 10.2. The van der Waals surface area contributed by atoms with E-state index < -0.39 is 10.0 Å². The van der Waals surface area contributed by atoms with Crippen LogP contribution in [0.2, 0.25) is 0 Å². The monoisotopic (exact) mass is 544 g/mol. The molecule has 3 fully saturated rings. The zero-order valence-electron chi connectivity index (χ0n) is 21.3. The molecular weight excluding hydrogens is 508 g/mol. The number of nitrogens with zero attached hydrogens (tertiary/aromatic N) is 5. The molecule has 0 amide bonds. The molecule has 2 aliphatic heterocycles. The van der Waals surface area contributed by atoms with Crippen molar-refractivity contribution in [2.45, 2.75) is 63.9 Å². The van der Waals surface area contributed by atoms with Gasteiger partial charge in [0.25, 0.3) is 5.56 Å². The van der Waals surface area contributed by atoms with Crippen LogP contribution >= 0.6 is 0 Å². The molecule has 3 aromatic rings. The lowest BCUT2D eigenvalue weighted by atomic mass is 10.1. The Bertz CT molecular complexity index is 1500. The van der Waals surface area contributed by atoms with Gasteiger partial charge >= 0.3 is 0 Å². The van der Waals surface area contributed by atoms with Gasteiger partial charge in [-0.05, 0) is 44.9 Å². The number of hydrogen-bond acceptors (Lipinski definition) is 8. The zero-order chi connectivity index (χ0) is 25.9. The maximum absolute atomic E-state index is 13.6. The number of rotatable bonds is 6. The Hall–Kier alpha value is -2.80. The number of hydroxylamine groups is 2. The van der Waals surface area contributed by atoms with Crippen LogP contribution in [0.15, 0.2) is 27.9 Å². The quantitative estimate of drug-likeness (QED) is 0.503. The lowest BCUT2D eigenvalue weighted by Gasteiger charge is -2.20. The summed E-state index contributed by atoms with van der Waals surface area (Å²) < 4.78 is 36.2. The standard InChI is InChI=1S/C25H32N6O5S.CH4/c1-4-35-20-10-9-18(37(33,34)30-13-17-12-29(3)36-21(17)14-30)11-19(20)23-27-25(32)22-15(2)26-24(31(22)28-23)16-7-5-6-8-16;/h9-11,16-17,21H,4-8,12-14H2,1-3H3,(H,27,28,32);1H4. The number of hydrogen-bond donors (Lipinski definition) is 1. The first-order valence-corrected chi connectivity index (χ1v) is 14.3. The van der Waals surface area contributed by atoms with Gasteiger partial charge in [0.2, 0.25) is 10.0 Å². The lowest BCUT2D eigenvalue weighted by molar-refractivity contribution is -0.125. The number of H-pyrrole nitrogens is 1. The summed E-state index contributed by atoms with van der Waals surface area (Å²) in [6.45, 7) is 5.45. The summed E-state index contributed by atoms with van der Waals surface area (Å²) in [5, 5.41) is 6.54. The molecule has 11 nitrogen and oxygen atoms in total. The highest BCUT2D eigenvalue weighted by molar-refractivity contribution is 7.89. The van der Waals surface area contributed by atoms with Crippen LogP contribution in [0.1, 0.15) is 57.5 Å². The van der Waals surface area contributed by atoms with E-state index in [0.717, 1.165) is 31.5 Å². The molecule has 2 saturated heterocycles. The normalized spacial score (nSPS) is 22.7. The van der Waals surface area contributed by atoms with E-state index in [-0.39, 0.29) is 41.6 Å². The predicted octanol–water partition coefficient (Wildman–Crippen LogP) is 2.95. The number of nitrogens with one attached hydrogen (secondary N) is 1. The molecule has 1 saturated carbocycles. The van der Waals surface area contributed by atoms with Crippen molar-refractivity contribution in [2.24, 2.45) is 5.92 Å². The number of benzene rings is 1. The molecule has 2 aromatic heterocycles. The summed E-state index contributed by atoms with van der Waals surface area (Å²) in [5.41, 5.74) is 1.15. The minimum absolute atomic E-state index is 0. The van der Waals surface area contributed by atoms with Crippen molar-refractivity contribution in [3.8, 4) is 17.1 Å². The van der Waals surface area contributed by atoms with Gasteiger partial charge < -0.3 is 9.72 Å². The predicted molar refractivity (Wildman–Crippen MR) is 143 cm³/mol. The van der Waals surface area contributed by atoms with Gasteiger partial charge in [0.05, 0.1) is 28.9 Å². The van der Waals surface area contributed by atoms with Crippen LogP contribution in [0.4, 0.5) is 0 Å². The Labute approximate surface area is 222 Å². The van der Waals surface area contributed by atoms with Gasteiger partial charge in [0.15, 0.2) is 11.3 Å².